The second-order valence-electron chi connectivity index (χ2n) is 4.53. The monoisotopic (exact) mass is 260 g/mol. The zero-order valence-electron chi connectivity index (χ0n) is 10.2. The molecule has 1 unspecified atom stereocenters. The SMILES string of the molecule is CSC1=C2CCc3ccccc3C2=CC(C)S1. The molecule has 0 N–H and O–H groups in total. The molecule has 0 spiro atoms. The van der Waals surface area contributed by atoms with Gasteiger partial charge in [0.05, 0.1) is 0 Å². The van der Waals surface area contributed by atoms with Crippen LogP contribution in [-0.4, -0.2) is 11.5 Å². The fourth-order valence-corrected chi connectivity index (χ4v) is 4.84. The van der Waals surface area contributed by atoms with E-state index >= 15 is 0 Å². The van der Waals surface area contributed by atoms with Crippen molar-refractivity contribution >= 4 is 29.1 Å². The molecule has 1 aromatic carbocycles. The van der Waals surface area contributed by atoms with Gasteiger partial charge in [-0.25, -0.2) is 0 Å². The van der Waals surface area contributed by atoms with Gasteiger partial charge in [0.15, 0.2) is 0 Å². The molecule has 1 aliphatic carbocycles. The van der Waals surface area contributed by atoms with Gasteiger partial charge in [0, 0.05) is 9.49 Å². The molecule has 1 heterocycles. The van der Waals surface area contributed by atoms with E-state index in [9.17, 15) is 0 Å². The van der Waals surface area contributed by atoms with Crippen LogP contribution in [-0.2, 0) is 6.42 Å². The average molecular weight is 260 g/mol. The highest BCUT2D eigenvalue weighted by Gasteiger charge is 2.25. The summed E-state index contributed by atoms with van der Waals surface area (Å²) in [6.07, 6.45) is 7.05. The molecule has 0 amide bonds. The summed E-state index contributed by atoms with van der Waals surface area (Å²) in [5, 5.41) is 0.599. The van der Waals surface area contributed by atoms with Crippen LogP contribution in [0.3, 0.4) is 0 Å². The van der Waals surface area contributed by atoms with Crippen molar-refractivity contribution in [1.29, 1.82) is 0 Å². The summed E-state index contributed by atoms with van der Waals surface area (Å²) in [6.45, 7) is 2.29. The Labute approximate surface area is 112 Å². The molecular formula is C15H16S2. The molecule has 0 nitrogen and oxygen atoms in total. The number of hydrogen-bond acceptors (Lipinski definition) is 2. The zero-order valence-corrected chi connectivity index (χ0v) is 11.8. The van der Waals surface area contributed by atoms with Crippen molar-refractivity contribution in [2.45, 2.75) is 25.0 Å². The van der Waals surface area contributed by atoms with Crippen LogP contribution in [0.15, 0.2) is 40.2 Å². The summed E-state index contributed by atoms with van der Waals surface area (Å²) in [5.74, 6) is 0. The van der Waals surface area contributed by atoms with Crippen molar-refractivity contribution in [2.24, 2.45) is 0 Å². The normalized spacial score (nSPS) is 22.9. The van der Waals surface area contributed by atoms with Crippen molar-refractivity contribution in [1.82, 2.24) is 0 Å². The van der Waals surface area contributed by atoms with E-state index in [1.165, 1.54) is 33.8 Å². The van der Waals surface area contributed by atoms with Crippen LogP contribution >= 0.6 is 23.5 Å². The van der Waals surface area contributed by atoms with Gasteiger partial charge in [0.2, 0.25) is 0 Å². The maximum atomic E-state index is 2.44. The number of allylic oxidation sites excluding steroid dienone is 2. The summed E-state index contributed by atoms with van der Waals surface area (Å²) >= 11 is 3.92. The highest BCUT2D eigenvalue weighted by atomic mass is 32.2. The number of fused-ring (bicyclic) bond motifs is 3. The molecule has 1 atom stereocenters. The Kier molecular flexibility index (Phi) is 3.10. The van der Waals surface area contributed by atoms with Gasteiger partial charge in [-0.2, -0.15) is 0 Å². The van der Waals surface area contributed by atoms with Gasteiger partial charge in [0.25, 0.3) is 0 Å². The number of benzene rings is 1. The van der Waals surface area contributed by atoms with E-state index in [1.807, 2.05) is 23.5 Å². The van der Waals surface area contributed by atoms with E-state index < -0.39 is 0 Å². The maximum Gasteiger partial charge on any atom is 0.0442 e. The second-order valence-corrected chi connectivity index (χ2v) is 6.99. The van der Waals surface area contributed by atoms with Crippen LogP contribution in [0.5, 0.6) is 0 Å². The lowest BCUT2D eigenvalue weighted by molar-refractivity contribution is 0.935. The van der Waals surface area contributed by atoms with E-state index in [1.54, 1.807) is 5.57 Å². The molecule has 2 heteroatoms. The first kappa shape index (κ1) is 11.5. The van der Waals surface area contributed by atoms with E-state index in [0.29, 0.717) is 5.25 Å². The highest BCUT2D eigenvalue weighted by molar-refractivity contribution is 8.22. The quantitative estimate of drug-likeness (QED) is 0.716. The molecule has 1 aromatic rings. The van der Waals surface area contributed by atoms with Crippen LogP contribution in [0.25, 0.3) is 5.57 Å². The Morgan fingerprint density at radius 3 is 2.88 bits per heavy atom. The topological polar surface area (TPSA) is 0 Å². The Morgan fingerprint density at radius 1 is 1.24 bits per heavy atom. The minimum Gasteiger partial charge on any atom is -0.122 e. The third-order valence-electron chi connectivity index (χ3n) is 3.40. The van der Waals surface area contributed by atoms with E-state index in [-0.39, 0.29) is 0 Å². The standard InChI is InChI=1S/C15H16S2/c1-10-9-14-12-6-4-3-5-11(12)7-8-13(14)15(16-2)17-10/h3-6,9-10H,7-8H2,1-2H3. The summed E-state index contributed by atoms with van der Waals surface area (Å²) in [4.78, 5) is 0. The largest absolute Gasteiger partial charge is 0.122 e. The summed E-state index contributed by atoms with van der Waals surface area (Å²) in [7, 11) is 0. The van der Waals surface area contributed by atoms with Crippen LogP contribution in [0.4, 0.5) is 0 Å². The summed E-state index contributed by atoms with van der Waals surface area (Å²) in [6, 6.07) is 8.87. The highest BCUT2D eigenvalue weighted by Crippen LogP contribution is 2.48. The van der Waals surface area contributed by atoms with Crippen molar-refractivity contribution < 1.29 is 0 Å². The predicted octanol–water partition coefficient (Wildman–Crippen LogP) is 4.73. The molecule has 0 saturated heterocycles. The summed E-state index contributed by atoms with van der Waals surface area (Å²) in [5.41, 5.74) is 6.07. The van der Waals surface area contributed by atoms with Crippen LogP contribution < -0.4 is 0 Å². The number of rotatable bonds is 1. The van der Waals surface area contributed by atoms with E-state index in [2.05, 4.69) is 43.5 Å². The molecule has 0 bridgehead atoms. The first-order chi connectivity index (χ1) is 8.29. The lowest BCUT2D eigenvalue weighted by Gasteiger charge is -2.29. The molecule has 0 aromatic heterocycles. The van der Waals surface area contributed by atoms with Gasteiger partial charge >= 0.3 is 0 Å². The molecule has 17 heavy (non-hydrogen) atoms. The van der Waals surface area contributed by atoms with Gasteiger partial charge in [0.1, 0.15) is 0 Å². The minimum atomic E-state index is 0.599. The molecule has 0 radical (unpaired) electrons. The Hall–Kier alpha value is -0.600. The fourth-order valence-electron chi connectivity index (χ4n) is 2.64. The van der Waals surface area contributed by atoms with Gasteiger partial charge in [-0.05, 0) is 48.3 Å². The molecule has 2 aliphatic rings. The Bertz CT molecular complexity index is 511. The second kappa shape index (κ2) is 4.58. The van der Waals surface area contributed by atoms with Gasteiger partial charge < -0.3 is 0 Å². The van der Waals surface area contributed by atoms with Gasteiger partial charge in [-0.15, -0.1) is 23.5 Å². The number of hydrogen-bond donors (Lipinski definition) is 0. The molecule has 3 rings (SSSR count). The molecule has 88 valence electrons. The molecule has 1 aliphatic heterocycles. The lowest BCUT2D eigenvalue weighted by Crippen LogP contribution is -2.11. The number of aryl methyl sites for hydroxylation is 1. The smallest absolute Gasteiger partial charge is 0.0442 e. The fraction of sp³-hybridized carbons (Fsp3) is 0.333. The Morgan fingerprint density at radius 2 is 2.06 bits per heavy atom. The maximum absolute atomic E-state index is 2.44. The molecule has 0 saturated carbocycles. The van der Waals surface area contributed by atoms with E-state index in [4.69, 9.17) is 0 Å². The van der Waals surface area contributed by atoms with Crippen molar-refractivity contribution in [2.75, 3.05) is 6.26 Å². The van der Waals surface area contributed by atoms with Crippen LogP contribution in [0, 0.1) is 0 Å². The third kappa shape index (κ3) is 1.98. The summed E-state index contributed by atoms with van der Waals surface area (Å²) < 4.78 is 1.53. The third-order valence-corrected chi connectivity index (χ3v) is 5.78. The van der Waals surface area contributed by atoms with E-state index in [0.717, 1.165) is 0 Å². The van der Waals surface area contributed by atoms with Crippen molar-refractivity contribution in [3.05, 3.63) is 51.3 Å². The molecule has 0 fully saturated rings. The number of thioether (sulfide) groups is 2. The predicted molar refractivity (Wildman–Crippen MR) is 80.3 cm³/mol. The lowest BCUT2D eigenvalue weighted by atomic mass is 9.83. The van der Waals surface area contributed by atoms with Crippen LogP contribution in [0.1, 0.15) is 24.5 Å². The molecular weight excluding hydrogens is 244 g/mol. The van der Waals surface area contributed by atoms with Crippen molar-refractivity contribution in [3.63, 3.8) is 0 Å². The average Bonchev–Trinajstić information content (AvgIpc) is 2.37. The van der Waals surface area contributed by atoms with Crippen LogP contribution in [0.2, 0.25) is 0 Å². The zero-order chi connectivity index (χ0) is 11.8. The first-order valence-electron chi connectivity index (χ1n) is 6.04. The first-order valence-corrected chi connectivity index (χ1v) is 8.14. The van der Waals surface area contributed by atoms with Crippen molar-refractivity contribution in [3.8, 4) is 0 Å². The van der Waals surface area contributed by atoms with Gasteiger partial charge in [-0.1, -0.05) is 30.3 Å². The Balaban J connectivity index is 2.16. The van der Waals surface area contributed by atoms with Gasteiger partial charge in [-0.3, -0.25) is 0 Å². The minimum absolute atomic E-state index is 0.599.